The zero-order valence-electron chi connectivity index (χ0n) is 13.7. The highest BCUT2D eigenvalue weighted by molar-refractivity contribution is 6.31. The Bertz CT molecular complexity index is 437. The molecule has 0 bridgehead atoms. The zero-order chi connectivity index (χ0) is 15.2. The standard InChI is InChI=1S/C18H29ClN2/c1-4-5-15-8-10-21(11-9-15)17-7-6-16(18(19)12-17)13-20-14(2)3/h6-7,12,14-15,20H,4-5,8-11,13H2,1-3H3. The highest BCUT2D eigenvalue weighted by atomic mass is 35.5. The number of rotatable bonds is 6. The average Bonchev–Trinajstić information content (AvgIpc) is 2.47. The van der Waals surface area contributed by atoms with Crippen LogP contribution < -0.4 is 10.2 Å². The van der Waals surface area contributed by atoms with Gasteiger partial charge in [-0.1, -0.05) is 51.3 Å². The lowest BCUT2D eigenvalue weighted by Crippen LogP contribution is -2.33. The first-order valence-corrected chi connectivity index (χ1v) is 8.74. The van der Waals surface area contributed by atoms with Crippen LogP contribution in [0.3, 0.4) is 0 Å². The van der Waals surface area contributed by atoms with Gasteiger partial charge in [-0.3, -0.25) is 0 Å². The van der Waals surface area contributed by atoms with Gasteiger partial charge in [-0.15, -0.1) is 0 Å². The number of nitrogens with zero attached hydrogens (tertiary/aromatic N) is 1. The van der Waals surface area contributed by atoms with Gasteiger partial charge in [-0.05, 0) is 36.5 Å². The van der Waals surface area contributed by atoms with Crippen molar-refractivity contribution < 1.29 is 0 Å². The molecule has 0 spiro atoms. The Kier molecular flexibility index (Phi) is 6.38. The van der Waals surface area contributed by atoms with Gasteiger partial charge in [0.2, 0.25) is 0 Å². The molecule has 0 aromatic heterocycles. The fraction of sp³-hybridized carbons (Fsp3) is 0.667. The molecule has 1 aliphatic rings. The number of hydrogen-bond donors (Lipinski definition) is 1. The molecule has 0 radical (unpaired) electrons. The van der Waals surface area contributed by atoms with E-state index in [1.807, 2.05) is 0 Å². The van der Waals surface area contributed by atoms with Gasteiger partial charge in [-0.25, -0.2) is 0 Å². The van der Waals surface area contributed by atoms with E-state index in [0.29, 0.717) is 6.04 Å². The van der Waals surface area contributed by atoms with Crippen LogP contribution in [0, 0.1) is 5.92 Å². The van der Waals surface area contributed by atoms with E-state index in [2.05, 4.69) is 49.2 Å². The van der Waals surface area contributed by atoms with Crippen LogP contribution in [-0.2, 0) is 6.54 Å². The highest BCUT2D eigenvalue weighted by Gasteiger charge is 2.19. The lowest BCUT2D eigenvalue weighted by Gasteiger charge is -2.33. The number of hydrogen-bond acceptors (Lipinski definition) is 2. The number of nitrogens with one attached hydrogen (secondary N) is 1. The molecule has 2 rings (SSSR count). The molecule has 118 valence electrons. The number of benzene rings is 1. The molecule has 0 saturated carbocycles. The molecule has 1 saturated heterocycles. The smallest absolute Gasteiger partial charge is 0.0471 e. The summed E-state index contributed by atoms with van der Waals surface area (Å²) in [5.74, 6) is 0.927. The zero-order valence-corrected chi connectivity index (χ0v) is 14.4. The van der Waals surface area contributed by atoms with Gasteiger partial charge < -0.3 is 10.2 Å². The average molecular weight is 309 g/mol. The first-order chi connectivity index (χ1) is 10.1. The quantitative estimate of drug-likeness (QED) is 0.807. The summed E-state index contributed by atoms with van der Waals surface area (Å²) in [5, 5.41) is 4.31. The Morgan fingerprint density at radius 1 is 1.29 bits per heavy atom. The van der Waals surface area contributed by atoms with E-state index in [9.17, 15) is 0 Å². The molecule has 2 nitrogen and oxygen atoms in total. The third-order valence-corrected chi connectivity index (χ3v) is 4.77. The Balaban J connectivity index is 1.94. The molecule has 0 unspecified atom stereocenters. The summed E-state index contributed by atoms with van der Waals surface area (Å²) in [6.45, 7) is 9.78. The van der Waals surface area contributed by atoms with Crippen LogP contribution in [0.25, 0.3) is 0 Å². The minimum absolute atomic E-state index is 0.485. The van der Waals surface area contributed by atoms with E-state index in [4.69, 9.17) is 11.6 Å². The highest BCUT2D eigenvalue weighted by Crippen LogP contribution is 2.29. The van der Waals surface area contributed by atoms with Crippen LogP contribution in [0.4, 0.5) is 5.69 Å². The van der Waals surface area contributed by atoms with Crippen molar-refractivity contribution in [1.82, 2.24) is 5.32 Å². The molecule has 1 heterocycles. The second kappa shape index (κ2) is 8.05. The molecular weight excluding hydrogens is 280 g/mol. The Labute approximate surface area is 134 Å². The van der Waals surface area contributed by atoms with E-state index >= 15 is 0 Å². The van der Waals surface area contributed by atoms with Crippen molar-refractivity contribution in [3.05, 3.63) is 28.8 Å². The number of piperidine rings is 1. The SMILES string of the molecule is CCCC1CCN(c2ccc(CNC(C)C)c(Cl)c2)CC1. The summed E-state index contributed by atoms with van der Waals surface area (Å²) in [7, 11) is 0. The van der Waals surface area contributed by atoms with Gasteiger partial charge in [0, 0.05) is 36.4 Å². The fourth-order valence-electron chi connectivity index (χ4n) is 3.08. The van der Waals surface area contributed by atoms with Gasteiger partial charge in [0.25, 0.3) is 0 Å². The van der Waals surface area contributed by atoms with Crippen molar-refractivity contribution in [3.63, 3.8) is 0 Å². The van der Waals surface area contributed by atoms with E-state index in [1.165, 1.54) is 50.0 Å². The molecule has 3 heteroatoms. The maximum atomic E-state index is 6.44. The first kappa shape index (κ1) is 16.6. The van der Waals surface area contributed by atoms with Gasteiger partial charge in [-0.2, -0.15) is 0 Å². The topological polar surface area (TPSA) is 15.3 Å². The van der Waals surface area contributed by atoms with Crippen LogP contribution in [0.1, 0.15) is 52.0 Å². The van der Waals surface area contributed by atoms with Crippen LogP contribution >= 0.6 is 11.6 Å². The first-order valence-electron chi connectivity index (χ1n) is 8.37. The van der Waals surface area contributed by atoms with Crippen LogP contribution in [0.15, 0.2) is 18.2 Å². The van der Waals surface area contributed by atoms with Crippen molar-refractivity contribution in [2.75, 3.05) is 18.0 Å². The van der Waals surface area contributed by atoms with Crippen molar-refractivity contribution in [3.8, 4) is 0 Å². The molecule has 0 atom stereocenters. The lowest BCUT2D eigenvalue weighted by molar-refractivity contribution is 0.378. The van der Waals surface area contributed by atoms with E-state index in [-0.39, 0.29) is 0 Å². The van der Waals surface area contributed by atoms with Gasteiger partial charge in [0.05, 0.1) is 0 Å². The normalized spacial score (nSPS) is 16.7. The molecule has 1 aromatic carbocycles. The molecule has 0 aliphatic carbocycles. The molecule has 1 fully saturated rings. The summed E-state index contributed by atoms with van der Waals surface area (Å²) in [6, 6.07) is 7.02. The monoisotopic (exact) mass is 308 g/mol. The van der Waals surface area contributed by atoms with Crippen LogP contribution in [0.2, 0.25) is 5.02 Å². The largest absolute Gasteiger partial charge is 0.371 e. The van der Waals surface area contributed by atoms with Crippen molar-refractivity contribution in [2.24, 2.45) is 5.92 Å². The maximum absolute atomic E-state index is 6.44. The minimum atomic E-state index is 0.485. The fourth-order valence-corrected chi connectivity index (χ4v) is 3.32. The summed E-state index contributed by atoms with van der Waals surface area (Å²) >= 11 is 6.44. The maximum Gasteiger partial charge on any atom is 0.0471 e. The number of halogens is 1. The Hall–Kier alpha value is -0.730. The van der Waals surface area contributed by atoms with Gasteiger partial charge in [0.15, 0.2) is 0 Å². The van der Waals surface area contributed by atoms with E-state index in [0.717, 1.165) is 17.5 Å². The van der Waals surface area contributed by atoms with Crippen molar-refractivity contribution in [2.45, 2.75) is 59.0 Å². The predicted octanol–water partition coefficient (Wildman–Crippen LogP) is 4.85. The summed E-state index contributed by atoms with van der Waals surface area (Å²) in [6.07, 6.45) is 5.34. The summed E-state index contributed by atoms with van der Waals surface area (Å²) in [4.78, 5) is 2.48. The van der Waals surface area contributed by atoms with Crippen molar-refractivity contribution >= 4 is 17.3 Å². The molecule has 0 amide bonds. The minimum Gasteiger partial charge on any atom is -0.371 e. The summed E-state index contributed by atoms with van der Waals surface area (Å²) in [5.41, 5.74) is 2.47. The van der Waals surface area contributed by atoms with E-state index < -0.39 is 0 Å². The molecular formula is C18H29ClN2. The van der Waals surface area contributed by atoms with Gasteiger partial charge in [0.1, 0.15) is 0 Å². The Morgan fingerprint density at radius 2 is 2.00 bits per heavy atom. The molecule has 1 aliphatic heterocycles. The van der Waals surface area contributed by atoms with Crippen LogP contribution in [-0.4, -0.2) is 19.1 Å². The molecule has 1 N–H and O–H groups in total. The molecule has 21 heavy (non-hydrogen) atoms. The second-order valence-corrected chi connectivity index (χ2v) is 6.94. The predicted molar refractivity (Wildman–Crippen MR) is 93.3 cm³/mol. The molecule has 1 aromatic rings. The Morgan fingerprint density at radius 3 is 2.57 bits per heavy atom. The van der Waals surface area contributed by atoms with Crippen LogP contribution in [0.5, 0.6) is 0 Å². The van der Waals surface area contributed by atoms with E-state index in [1.54, 1.807) is 0 Å². The van der Waals surface area contributed by atoms with Crippen molar-refractivity contribution in [1.29, 1.82) is 0 Å². The second-order valence-electron chi connectivity index (χ2n) is 6.53. The third-order valence-electron chi connectivity index (χ3n) is 4.41. The summed E-state index contributed by atoms with van der Waals surface area (Å²) < 4.78 is 0. The van der Waals surface area contributed by atoms with Gasteiger partial charge >= 0.3 is 0 Å². The number of anilines is 1. The third kappa shape index (κ3) is 4.89. The lowest BCUT2D eigenvalue weighted by atomic mass is 9.92.